The van der Waals surface area contributed by atoms with E-state index in [0.717, 1.165) is 0 Å². The second-order valence-electron chi connectivity index (χ2n) is 3.67. The summed E-state index contributed by atoms with van der Waals surface area (Å²) in [6, 6.07) is 3.72. The monoisotopic (exact) mass is 243 g/mol. The number of para-hydroxylation sites is 1. The van der Waals surface area contributed by atoms with Gasteiger partial charge in [0.1, 0.15) is 17.3 Å². The second kappa shape index (κ2) is 6.18. The van der Waals surface area contributed by atoms with Gasteiger partial charge in [0.15, 0.2) is 0 Å². The lowest BCUT2D eigenvalue weighted by Gasteiger charge is -2.20. The molecule has 1 aromatic carbocycles. The fraction of sp³-hybridized carbons (Fsp3) is 0.417. The molecule has 94 valence electrons. The van der Waals surface area contributed by atoms with Crippen molar-refractivity contribution in [2.45, 2.75) is 12.8 Å². The van der Waals surface area contributed by atoms with Gasteiger partial charge in [-0.1, -0.05) is 6.07 Å². The molecule has 0 aliphatic carbocycles. The van der Waals surface area contributed by atoms with E-state index in [1.807, 2.05) is 0 Å². The maximum absolute atomic E-state index is 13.4. The van der Waals surface area contributed by atoms with Gasteiger partial charge < -0.3 is 9.64 Å². The molecular weight excluding hydrogens is 228 g/mol. The molecule has 0 saturated heterocycles. The third kappa shape index (κ3) is 3.69. The third-order valence-electron chi connectivity index (χ3n) is 2.42. The first kappa shape index (κ1) is 13.4. The number of methoxy groups -OCH3 is 1. The first-order valence-corrected chi connectivity index (χ1v) is 5.28. The number of carbonyl (C=O) groups is 1. The maximum Gasteiger partial charge on any atom is 0.305 e. The highest BCUT2D eigenvalue weighted by molar-refractivity contribution is 5.69. The molecule has 0 aromatic heterocycles. The Labute approximate surface area is 99.0 Å². The molecule has 0 aliphatic heterocycles. The summed E-state index contributed by atoms with van der Waals surface area (Å²) in [5, 5.41) is 0. The average molecular weight is 243 g/mol. The molecule has 0 radical (unpaired) electrons. The topological polar surface area (TPSA) is 29.5 Å². The van der Waals surface area contributed by atoms with Crippen LogP contribution < -0.4 is 4.90 Å². The van der Waals surface area contributed by atoms with Gasteiger partial charge in [0.05, 0.1) is 7.11 Å². The molecule has 0 spiro atoms. The van der Waals surface area contributed by atoms with Gasteiger partial charge in [-0.05, 0) is 18.6 Å². The molecule has 3 nitrogen and oxygen atoms in total. The summed E-state index contributed by atoms with van der Waals surface area (Å²) in [5.74, 6) is -1.54. The van der Waals surface area contributed by atoms with E-state index in [-0.39, 0.29) is 18.1 Å². The minimum Gasteiger partial charge on any atom is -0.469 e. The van der Waals surface area contributed by atoms with E-state index in [1.165, 1.54) is 30.2 Å². The van der Waals surface area contributed by atoms with Gasteiger partial charge in [-0.15, -0.1) is 0 Å². The van der Waals surface area contributed by atoms with Crippen LogP contribution in [0.2, 0.25) is 0 Å². The highest BCUT2D eigenvalue weighted by Gasteiger charge is 2.13. The van der Waals surface area contributed by atoms with Crippen molar-refractivity contribution in [1.82, 2.24) is 0 Å². The van der Waals surface area contributed by atoms with Crippen LogP contribution in [0.3, 0.4) is 0 Å². The number of carbonyl (C=O) groups excluding carboxylic acids is 1. The third-order valence-corrected chi connectivity index (χ3v) is 2.42. The number of nitrogens with zero attached hydrogens (tertiary/aromatic N) is 1. The van der Waals surface area contributed by atoms with Gasteiger partial charge in [0.25, 0.3) is 0 Å². The predicted octanol–water partition coefficient (Wildman–Crippen LogP) is 2.35. The van der Waals surface area contributed by atoms with E-state index in [0.29, 0.717) is 13.0 Å². The molecule has 1 rings (SSSR count). The van der Waals surface area contributed by atoms with Crippen molar-refractivity contribution in [1.29, 1.82) is 0 Å². The Morgan fingerprint density at radius 3 is 2.47 bits per heavy atom. The minimum atomic E-state index is -0.606. The fourth-order valence-electron chi connectivity index (χ4n) is 1.53. The molecular formula is C12H15F2NO2. The summed E-state index contributed by atoms with van der Waals surface area (Å²) < 4.78 is 31.2. The van der Waals surface area contributed by atoms with E-state index >= 15 is 0 Å². The Bertz CT molecular complexity index is 376. The molecule has 0 N–H and O–H groups in total. The first-order chi connectivity index (χ1) is 8.06. The lowest BCUT2D eigenvalue weighted by molar-refractivity contribution is -0.140. The van der Waals surface area contributed by atoms with Crippen molar-refractivity contribution in [3.63, 3.8) is 0 Å². The molecule has 0 aliphatic rings. The lowest BCUT2D eigenvalue weighted by atomic mass is 10.2. The van der Waals surface area contributed by atoms with Crippen molar-refractivity contribution < 1.29 is 18.3 Å². The number of esters is 1. The quantitative estimate of drug-likeness (QED) is 0.743. The van der Waals surface area contributed by atoms with Crippen molar-refractivity contribution in [3.8, 4) is 0 Å². The lowest BCUT2D eigenvalue weighted by Crippen LogP contribution is -2.21. The van der Waals surface area contributed by atoms with Crippen molar-refractivity contribution >= 4 is 11.7 Å². The van der Waals surface area contributed by atoms with Gasteiger partial charge >= 0.3 is 5.97 Å². The van der Waals surface area contributed by atoms with E-state index in [1.54, 1.807) is 7.05 Å². The Kier molecular flexibility index (Phi) is 4.87. The molecule has 0 bridgehead atoms. The smallest absolute Gasteiger partial charge is 0.305 e. The van der Waals surface area contributed by atoms with E-state index in [2.05, 4.69) is 4.74 Å². The summed E-state index contributed by atoms with van der Waals surface area (Å²) in [4.78, 5) is 12.3. The average Bonchev–Trinajstić information content (AvgIpc) is 2.28. The molecule has 17 heavy (non-hydrogen) atoms. The van der Waals surface area contributed by atoms with Crippen LogP contribution in [0, 0.1) is 11.6 Å². The highest BCUT2D eigenvalue weighted by Crippen LogP contribution is 2.22. The number of anilines is 1. The summed E-state index contributed by atoms with van der Waals surface area (Å²) in [5.41, 5.74) is -0.0719. The number of hydrogen-bond donors (Lipinski definition) is 0. The normalized spacial score (nSPS) is 10.1. The largest absolute Gasteiger partial charge is 0.469 e. The summed E-state index contributed by atoms with van der Waals surface area (Å²) >= 11 is 0. The number of ether oxygens (including phenoxy) is 1. The van der Waals surface area contributed by atoms with E-state index in [9.17, 15) is 13.6 Å². The zero-order valence-corrected chi connectivity index (χ0v) is 9.87. The van der Waals surface area contributed by atoms with Gasteiger partial charge in [-0.2, -0.15) is 0 Å². The number of hydrogen-bond acceptors (Lipinski definition) is 3. The molecule has 0 saturated carbocycles. The zero-order chi connectivity index (χ0) is 12.8. The second-order valence-corrected chi connectivity index (χ2v) is 3.67. The Balaban J connectivity index is 2.58. The Morgan fingerprint density at radius 1 is 1.35 bits per heavy atom. The predicted molar refractivity (Wildman–Crippen MR) is 60.9 cm³/mol. The van der Waals surface area contributed by atoms with Crippen molar-refractivity contribution in [2.24, 2.45) is 0 Å². The van der Waals surface area contributed by atoms with Crippen LogP contribution in [0.1, 0.15) is 12.8 Å². The molecule has 0 fully saturated rings. The summed E-state index contributed by atoms with van der Waals surface area (Å²) in [6.45, 7) is 0.382. The number of benzene rings is 1. The molecule has 0 amide bonds. The van der Waals surface area contributed by atoms with Gasteiger partial charge in [0.2, 0.25) is 0 Å². The highest BCUT2D eigenvalue weighted by atomic mass is 19.1. The summed E-state index contributed by atoms with van der Waals surface area (Å²) in [6.07, 6.45) is 0.716. The number of rotatable bonds is 5. The molecule has 0 unspecified atom stereocenters. The van der Waals surface area contributed by atoms with Crippen LogP contribution in [0.25, 0.3) is 0 Å². The standard InChI is InChI=1S/C12H15F2NO2/c1-15(8-4-7-11(16)17-2)12-9(13)5-3-6-10(12)14/h3,5-6H,4,7-8H2,1-2H3. The van der Waals surface area contributed by atoms with Gasteiger partial charge in [0, 0.05) is 20.0 Å². The van der Waals surface area contributed by atoms with E-state index < -0.39 is 11.6 Å². The number of halogens is 2. The van der Waals surface area contributed by atoms with Crippen LogP contribution in [0.5, 0.6) is 0 Å². The van der Waals surface area contributed by atoms with Crippen LogP contribution in [0.4, 0.5) is 14.5 Å². The first-order valence-electron chi connectivity index (χ1n) is 5.28. The Morgan fingerprint density at radius 2 is 1.94 bits per heavy atom. The van der Waals surface area contributed by atoms with Crippen LogP contribution >= 0.6 is 0 Å². The van der Waals surface area contributed by atoms with Crippen molar-refractivity contribution in [2.75, 3.05) is 25.6 Å². The summed E-state index contributed by atoms with van der Waals surface area (Å²) in [7, 11) is 2.89. The minimum absolute atomic E-state index is 0.0719. The van der Waals surface area contributed by atoms with Gasteiger partial charge in [-0.3, -0.25) is 4.79 Å². The zero-order valence-electron chi connectivity index (χ0n) is 9.87. The van der Waals surface area contributed by atoms with Crippen molar-refractivity contribution in [3.05, 3.63) is 29.8 Å². The Hall–Kier alpha value is -1.65. The van der Waals surface area contributed by atoms with Gasteiger partial charge in [-0.25, -0.2) is 8.78 Å². The molecule has 0 atom stereocenters. The molecule has 1 aromatic rings. The molecule has 0 heterocycles. The fourth-order valence-corrected chi connectivity index (χ4v) is 1.53. The molecule has 5 heteroatoms. The van der Waals surface area contributed by atoms with E-state index in [4.69, 9.17) is 0 Å². The van der Waals surface area contributed by atoms with Crippen LogP contribution in [0.15, 0.2) is 18.2 Å². The van der Waals surface area contributed by atoms with Crippen LogP contribution in [-0.4, -0.2) is 26.7 Å². The SMILES string of the molecule is COC(=O)CCCN(C)c1c(F)cccc1F. The van der Waals surface area contributed by atoms with Crippen LogP contribution in [-0.2, 0) is 9.53 Å². The maximum atomic E-state index is 13.4.